The van der Waals surface area contributed by atoms with E-state index in [1.54, 1.807) is 6.07 Å². The first-order valence-electron chi connectivity index (χ1n) is 9.87. The Labute approximate surface area is 168 Å². The maximum absolute atomic E-state index is 13.6. The van der Waals surface area contributed by atoms with Gasteiger partial charge in [0.25, 0.3) is 0 Å². The molecule has 2 fully saturated rings. The molecule has 1 aromatic carbocycles. The van der Waals surface area contributed by atoms with Crippen molar-refractivity contribution in [3.63, 3.8) is 0 Å². The number of benzene rings is 1. The monoisotopic (exact) mass is 397 g/mol. The molecule has 0 heterocycles. The molecule has 27 heavy (non-hydrogen) atoms. The lowest BCUT2D eigenvalue weighted by Crippen LogP contribution is -2.50. The van der Waals surface area contributed by atoms with Gasteiger partial charge in [0.15, 0.2) is 0 Å². The highest BCUT2D eigenvalue weighted by molar-refractivity contribution is 5.85. The standard InChI is InChI=1S/C21H32FN3O.ClH/c1-24(2)9-10-25(14-15-5-3-8-19(22)11-15)21(26)18-12-16-6-4-7-17(13-18)20(16)23;/h3,5,8,11,16-18,20H,4,6-7,9-10,12-14,23H2,1-2H3;1H. The molecule has 2 aliphatic carbocycles. The lowest BCUT2D eigenvalue weighted by molar-refractivity contribution is -0.139. The van der Waals surface area contributed by atoms with Crippen LogP contribution in [0.1, 0.15) is 37.7 Å². The second-order valence-corrected chi connectivity index (χ2v) is 8.39. The van der Waals surface area contributed by atoms with E-state index in [1.807, 2.05) is 25.1 Å². The molecular weight excluding hydrogens is 365 g/mol. The number of fused-ring (bicyclic) bond motifs is 2. The van der Waals surface area contributed by atoms with Crippen molar-refractivity contribution in [3.8, 4) is 0 Å². The summed E-state index contributed by atoms with van der Waals surface area (Å²) in [5.74, 6) is 1.02. The van der Waals surface area contributed by atoms with Gasteiger partial charge < -0.3 is 15.5 Å². The van der Waals surface area contributed by atoms with E-state index in [1.165, 1.54) is 18.6 Å². The van der Waals surface area contributed by atoms with Crippen LogP contribution in [-0.2, 0) is 11.3 Å². The van der Waals surface area contributed by atoms with Gasteiger partial charge >= 0.3 is 0 Å². The number of likely N-dealkylation sites (N-methyl/N-ethyl adjacent to an activating group) is 1. The van der Waals surface area contributed by atoms with Crippen molar-refractivity contribution < 1.29 is 9.18 Å². The normalized spacial score (nSPS) is 27.1. The molecule has 2 bridgehead atoms. The first-order chi connectivity index (χ1) is 12.4. The molecule has 2 atom stereocenters. The molecule has 0 saturated heterocycles. The van der Waals surface area contributed by atoms with Crippen LogP contribution in [0.2, 0.25) is 0 Å². The molecule has 0 radical (unpaired) electrons. The number of amides is 1. The minimum Gasteiger partial charge on any atom is -0.337 e. The van der Waals surface area contributed by atoms with Crippen molar-refractivity contribution >= 4 is 18.3 Å². The summed E-state index contributed by atoms with van der Waals surface area (Å²) >= 11 is 0. The smallest absolute Gasteiger partial charge is 0.226 e. The van der Waals surface area contributed by atoms with Crippen molar-refractivity contribution in [2.45, 2.75) is 44.7 Å². The van der Waals surface area contributed by atoms with Gasteiger partial charge in [0.05, 0.1) is 0 Å². The minimum absolute atomic E-state index is 0. The van der Waals surface area contributed by atoms with Crippen LogP contribution in [0.5, 0.6) is 0 Å². The molecule has 4 nitrogen and oxygen atoms in total. The summed E-state index contributed by atoms with van der Waals surface area (Å²) in [5, 5.41) is 0. The van der Waals surface area contributed by atoms with Crippen molar-refractivity contribution in [2.75, 3.05) is 27.2 Å². The molecule has 2 aliphatic rings. The quantitative estimate of drug-likeness (QED) is 0.801. The molecule has 2 N–H and O–H groups in total. The fourth-order valence-electron chi connectivity index (χ4n) is 4.69. The fourth-order valence-corrected chi connectivity index (χ4v) is 4.69. The second kappa shape index (κ2) is 9.85. The number of halogens is 2. The molecule has 3 rings (SSSR count). The average molecular weight is 398 g/mol. The zero-order chi connectivity index (χ0) is 18.7. The van der Waals surface area contributed by atoms with Crippen molar-refractivity contribution in [2.24, 2.45) is 23.5 Å². The minimum atomic E-state index is -0.249. The van der Waals surface area contributed by atoms with E-state index in [9.17, 15) is 9.18 Å². The Morgan fingerprint density at radius 1 is 1.19 bits per heavy atom. The van der Waals surface area contributed by atoms with Gasteiger partial charge in [0.2, 0.25) is 5.91 Å². The maximum Gasteiger partial charge on any atom is 0.226 e. The maximum atomic E-state index is 13.6. The van der Waals surface area contributed by atoms with Gasteiger partial charge in [0.1, 0.15) is 5.82 Å². The van der Waals surface area contributed by atoms with Gasteiger partial charge in [-0.05, 0) is 69.3 Å². The summed E-state index contributed by atoms with van der Waals surface area (Å²) in [7, 11) is 4.02. The zero-order valence-corrected chi connectivity index (χ0v) is 17.3. The molecular formula is C21H33ClFN3O. The van der Waals surface area contributed by atoms with Crippen LogP contribution in [-0.4, -0.2) is 48.9 Å². The molecule has 0 spiro atoms. The molecule has 0 aliphatic heterocycles. The topological polar surface area (TPSA) is 49.6 Å². The van der Waals surface area contributed by atoms with E-state index in [2.05, 4.69) is 4.90 Å². The van der Waals surface area contributed by atoms with Crippen LogP contribution in [0.15, 0.2) is 24.3 Å². The first-order valence-corrected chi connectivity index (χ1v) is 9.87. The number of nitrogens with zero attached hydrogens (tertiary/aromatic N) is 2. The number of nitrogens with two attached hydrogens (primary N) is 1. The summed E-state index contributed by atoms with van der Waals surface area (Å²) in [6, 6.07) is 6.85. The predicted octanol–water partition coefficient (Wildman–Crippen LogP) is 3.29. The summed E-state index contributed by atoms with van der Waals surface area (Å²) < 4.78 is 13.6. The van der Waals surface area contributed by atoms with Gasteiger partial charge in [-0.1, -0.05) is 18.6 Å². The Hall–Kier alpha value is -1.17. The highest BCUT2D eigenvalue weighted by atomic mass is 35.5. The van der Waals surface area contributed by atoms with Crippen LogP contribution in [0.25, 0.3) is 0 Å². The molecule has 152 valence electrons. The van der Waals surface area contributed by atoms with Crippen LogP contribution in [0, 0.1) is 23.6 Å². The highest BCUT2D eigenvalue weighted by Gasteiger charge is 2.41. The summed E-state index contributed by atoms with van der Waals surface area (Å²) in [5.41, 5.74) is 7.24. The number of hydrogen-bond donors (Lipinski definition) is 1. The first kappa shape index (κ1) is 22.1. The third-order valence-electron chi connectivity index (χ3n) is 6.15. The van der Waals surface area contributed by atoms with E-state index >= 15 is 0 Å². The van der Waals surface area contributed by atoms with E-state index in [0.717, 1.165) is 37.8 Å². The number of hydrogen-bond acceptors (Lipinski definition) is 3. The SMILES string of the molecule is CN(C)CCN(Cc1cccc(F)c1)C(=O)C1CC2CCCC(C1)C2N.Cl. The van der Waals surface area contributed by atoms with E-state index in [4.69, 9.17) is 5.73 Å². The van der Waals surface area contributed by atoms with Gasteiger partial charge in [-0.3, -0.25) is 4.79 Å². The zero-order valence-electron chi connectivity index (χ0n) is 16.4. The van der Waals surface area contributed by atoms with E-state index < -0.39 is 0 Å². The van der Waals surface area contributed by atoms with Crippen LogP contribution in [0.3, 0.4) is 0 Å². The number of carbonyl (C=O) groups is 1. The lowest BCUT2D eigenvalue weighted by atomic mass is 9.65. The molecule has 1 aromatic rings. The highest BCUT2D eigenvalue weighted by Crippen LogP contribution is 2.42. The molecule has 2 unspecified atom stereocenters. The van der Waals surface area contributed by atoms with Gasteiger partial charge in [-0.15, -0.1) is 12.4 Å². The fraction of sp³-hybridized carbons (Fsp3) is 0.667. The van der Waals surface area contributed by atoms with Crippen LogP contribution >= 0.6 is 12.4 Å². The Morgan fingerprint density at radius 3 is 2.44 bits per heavy atom. The third kappa shape index (κ3) is 5.66. The van der Waals surface area contributed by atoms with Gasteiger partial charge in [-0.25, -0.2) is 4.39 Å². The van der Waals surface area contributed by atoms with Crippen LogP contribution in [0.4, 0.5) is 4.39 Å². The number of carbonyl (C=O) groups excluding carboxylic acids is 1. The van der Waals surface area contributed by atoms with E-state index in [-0.39, 0.29) is 36.1 Å². The molecule has 0 aromatic heterocycles. The summed E-state index contributed by atoms with van der Waals surface area (Å²) in [6.07, 6.45) is 5.39. The number of rotatable bonds is 6. The van der Waals surface area contributed by atoms with Crippen LogP contribution < -0.4 is 5.73 Å². The summed E-state index contributed by atoms with van der Waals surface area (Å²) in [6.45, 7) is 1.95. The molecule has 2 saturated carbocycles. The Morgan fingerprint density at radius 2 is 1.85 bits per heavy atom. The molecule has 6 heteroatoms. The Balaban J connectivity index is 0.00000261. The largest absolute Gasteiger partial charge is 0.337 e. The van der Waals surface area contributed by atoms with Crippen molar-refractivity contribution in [1.82, 2.24) is 9.80 Å². The lowest BCUT2D eigenvalue weighted by Gasteiger charge is -2.44. The Kier molecular flexibility index (Phi) is 8.07. The van der Waals surface area contributed by atoms with Gasteiger partial charge in [-0.2, -0.15) is 0 Å². The second-order valence-electron chi connectivity index (χ2n) is 8.39. The molecule has 1 amide bonds. The van der Waals surface area contributed by atoms with E-state index in [0.29, 0.717) is 24.9 Å². The summed E-state index contributed by atoms with van der Waals surface area (Å²) in [4.78, 5) is 17.3. The third-order valence-corrected chi connectivity index (χ3v) is 6.15. The predicted molar refractivity (Wildman–Crippen MR) is 109 cm³/mol. The van der Waals surface area contributed by atoms with Crippen molar-refractivity contribution in [1.29, 1.82) is 0 Å². The Bertz CT molecular complexity index is 613. The van der Waals surface area contributed by atoms with Crippen molar-refractivity contribution in [3.05, 3.63) is 35.6 Å². The van der Waals surface area contributed by atoms with Gasteiger partial charge in [0, 0.05) is 31.6 Å². The average Bonchev–Trinajstić information content (AvgIpc) is 2.57.